The minimum atomic E-state index is -0.0762. The number of hydrogen-bond acceptors (Lipinski definition) is 3. The molecule has 1 aromatic carbocycles. The van der Waals surface area contributed by atoms with Crippen molar-refractivity contribution in [2.45, 2.75) is 25.1 Å². The molecule has 0 aliphatic heterocycles. The molecule has 3 heteroatoms. The Kier molecular flexibility index (Phi) is 4.70. The van der Waals surface area contributed by atoms with Crippen molar-refractivity contribution in [3.05, 3.63) is 35.9 Å². The summed E-state index contributed by atoms with van der Waals surface area (Å²) in [6.45, 7) is 1.55. The fraction of sp³-hybridized carbons (Fsp3) is 0.364. The Morgan fingerprint density at radius 2 is 2.07 bits per heavy atom. The molecule has 1 unspecified atom stereocenters. The van der Waals surface area contributed by atoms with E-state index in [-0.39, 0.29) is 10.5 Å². The third-order valence-electron chi connectivity index (χ3n) is 1.88. The smallest absolute Gasteiger partial charge is 0.187 e. The van der Waals surface area contributed by atoms with Crippen molar-refractivity contribution >= 4 is 16.9 Å². The molecule has 1 rings (SSSR count). The molecule has 0 aliphatic rings. The third-order valence-corrected chi connectivity index (χ3v) is 2.75. The lowest BCUT2D eigenvalue weighted by atomic mass is 10.1. The van der Waals surface area contributed by atoms with Crippen LogP contribution in [0.2, 0.25) is 0 Å². The van der Waals surface area contributed by atoms with Crippen LogP contribution in [0.3, 0.4) is 0 Å². The number of benzene rings is 1. The number of aryl methyl sites for hydroxylation is 1. The zero-order valence-corrected chi connectivity index (χ0v) is 9.09. The van der Waals surface area contributed by atoms with Crippen LogP contribution in [0, 0.1) is 0 Å². The average Bonchev–Trinajstić information content (AvgIpc) is 2.15. The fourth-order valence-corrected chi connectivity index (χ4v) is 1.89. The molecule has 2 nitrogen and oxygen atoms in total. The van der Waals surface area contributed by atoms with Gasteiger partial charge in [-0.15, -0.1) is 0 Å². The summed E-state index contributed by atoms with van der Waals surface area (Å²) < 4.78 is 0. The molecular weight excluding hydrogens is 194 g/mol. The van der Waals surface area contributed by atoms with E-state index in [0.29, 0.717) is 0 Å². The Bertz CT molecular complexity index is 287. The monoisotopic (exact) mass is 209 g/mol. The molecule has 0 saturated heterocycles. The fourth-order valence-electron chi connectivity index (χ4n) is 1.23. The second kappa shape index (κ2) is 5.83. The maximum Gasteiger partial charge on any atom is 0.187 e. The molecule has 1 atom stereocenters. The van der Waals surface area contributed by atoms with E-state index in [9.17, 15) is 4.79 Å². The molecule has 0 saturated carbocycles. The van der Waals surface area contributed by atoms with Crippen LogP contribution in [0.15, 0.2) is 30.3 Å². The number of nitrogens with two attached hydrogens (primary N) is 1. The van der Waals surface area contributed by atoms with Gasteiger partial charge >= 0.3 is 0 Å². The van der Waals surface area contributed by atoms with Crippen LogP contribution >= 0.6 is 11.8 Å². The van der Waals surface area contributed by atoms with Crippen LogP contribution in [0.1, 0.15) is 18.9 Å². The van der Waals surface area contributed by atoms with Crippen LogP contribution in [0.25, 0.3) is 0 Å². The molecule has 2 N–H and O–H groups in total. The SMILES string of the molecule is CC(=O)SC(N)CCc1ccccc1. The van der Waals surface area contributed by atoms with Crippen molar-refractivity contribution in [3.8, 4) is 0 Å². The zero-order valence-electron chi connectivity index (χ0n) is 8.27. The highest BCUT2D eigenvalue weighted by atomic mass is 32.2. The molecule has 0 fully saturated rings. The van der Waals surface area contributed by atoms with Gasteiger partial charge in [-0.3, -0.25) is 4.79 Å². The van der Waals surface area contributed by atoms with Gasteiger partial charge in [0.25, 0.3) is 0 Å². The van der Waals surface area contributed by atoms with Gasteiger partial charge < -0.3 is 5.73 Å². The van der Waals surface area contributed by atoms with Crippen LogP contribution in [-0.4, -0.2) is 10.5 Å². The van der Waals surface area contributed by atoms with Gasteiger partial charge in [0.2, 0.25) is 0 Å². The molecule has 76 valence electrons. The largest absolute Gasteiger partial charge is 0.319 e. The summed E-state index contributed by atoms with van der Waals surface area (Å²) in [4.78, 5) is 10.7. The van der Waals surface area contributed by atoms with Crippen molar-refractivity contribution in [2.24, 2.45) is 5.73 Å². The van der Waals surface area contributed by atoms with E-state index in [1.165, 1.54) is 17.3 Å². The van der Waals surface area contributed by atoms with E-state index < -0.39 is 0 Å². The van der Waals surface area contributed by atoms with Crippen molar-refractivity contribution < 1.29 is 4.79 Å². The van der Waals surface area contributed by atoms with Crippen molar-refractivity contribution in [3.63, 3.8) is 0 Å². The highest BCUT2D eigenvalue weighted by Gasteiger charge is 2.05. The first-order chi connectivity index (χ1) is 6.68. The van der Waals surface area contributed by atoms with Gasteiger partial charge in [0.1, 0.15) is 0 Å². The Morgan fingerprint density at radius 1 is 1.43 bits per heavy atom. The Balaban J connectivity index is 2.30. The summed E-state index contributed by atoms with van der Waals surface area (Å²) >= 11 is 1.21. The van der Waals surface area contributed by atoms with E-state index in [2.05, 4.69) is 12.1 Å². The van der Waals surface area contributed by atoms with Crippen molar-refractivity contribution in [1.29, 1.82) is 0 Å². The van der Waals surface area contributed by atoms with Gasteiger partial charge in [-0.05, 0) is 18.4 Å². The summed E-state index contributed by atoms with van der Waals surface area (Å²) in [5.74, 6) is 0. The predicted molar refractivity (Wildman–Crippen MR) is 61.0 cm³/mol. The third kappa shape index (κ3) is 4.44. The summed E-state index contributed by atoms with van der Waals surface area (Å²) in [6, 6.07) is 10.2. The molecule has 1 aromatic rings. The minimum Gasteiger partial charge on any atom is -0.319 e. The molecule has 0 spiro atoms. The quantitative estimate of drug-likeness (QED) is 0.773. The van der Waals surface area contributed by atoms with Gasteiger partial charge in [0, 0.05) is 6.92 Å². The molecule has 0 amide bonds. The molecule has 0 radical (unpaired) electrons. The van der Waals surface area contributed by atoms with E-state index in [4.69, 9.17) is 5.73 Å². The van der Waals surface area contributed by atoms with Crippen LogP contribution in [-0.2, 0) is 11.2 Å². The van der Waals surface area contributed by atoms with Gasteiger partial charge in [-0.1, -0.05) is 42.1 Å². The molecule has 14 heavy (non-hydrogen) atoms. The first-order valence-corrected chi connectivity index (χ1v) is 5.53. The second-order valence-corrected chi connectivity index (χ2v) is 4.59. The first-order valence-electron chi connectivity index (χ1n) is 4.65. The lowest BCUT2D eigenvalue weighted by molar-refractivity contribution is -0.109. The predicted octanol–water partition coefficient (Wildman–Crippen LogP) is 2.18. The summed E-state index contributed by atoms with van der Waals surface area (Å²) in [5.41, 5.74) is 7.04. The second-order valence-electron chi connectivity index (χ2n) is 3.17. The maximum absolute atomic E-state index is 10.7. The topological polar surface area (TPSA) is 43.1 Å². The van der Waals surface area contributed by atoms with Crippen LogP contribution < -0.4 is 5.73 Å². The lowest BCUT2D eigenvalue weighted by Crippen LogP contribution is -2.17. The Hall–Kier alpha value is -0.800. The van der Waals surface area contributed by atoms with Crippen LogP contribution in [0.4, 0.5) is 0 Å². The molecular formula is C11H15NOS. The summed E-state index contributed by atoms with van der Waals surface area (Å²) in [6.07, 6.45) is 1.77. The van der Waals surface area contributed by atoms with Gasteiger partial charge in [0.05, 0.1) is 5.37 Å². The highest BCUT2D eigenvalue weighted by Crippen LogP contribution is 2.13. The summed E-state index contributed by atoms with van der Waals surface area (Å²) in [7, 11) is 0. The zero-order chi connectivity index (χ0) is 10.4. The number of carbonyl (C=O) groups is 1. The Morgan fingerprint density at radius 3 is 2.64 bits per heavy atom. The Labute approximate surface area is 88.9 Å². The standard InChI is InChI=1S/C11H15NOS/c1-9(13)14-11(12)8-7-10-5-3-2-4-6-10/h2-6,11H,7-8,12H2,1H3. The van der Waals surface area contributed by atoms with E-state index in [1.807, 2.05) is 18.2 Å². The van der Waals surface area contributed by atoms with Crippen molar-refractivity contribution in [2.75, 3.05) is 0 Å². The number of carbonyl (C=O) groups excluding carboxylic acids is 1. The number of thioether (sulfide) groups is 1. The van der Waals surface area contributed by atoms with Gasteiger partial charge in [0.15, 0.2) is 5.12 Å². The first kappa shape index (κ1) is 11.3. The lowest BCUT2D eigenvalue weighted by Gasteiger charge is -2.08. The molecule has 0 bridgehead atoms. The molecule has 0 aliphatic carbocycles. The van der Waals surface area contributed by atoms with Gasteiger partial charge in [-0.25, -0.2) is 0 Å². The van der Waals surface area contributed by atoms with Gasteiger partial charge in [-0.2, -0.15) is 0 Å². The normalized spacial score (nSPS) is 12.4. The minimum absolute atomic E-state index is 0.0762. The highest BCUT2D eigenvalue weighted by molar-refractivity contribution is 8.14. The van der Waals surface area contributed by atoms with E-state index >= 15 is 0 Å². The molecule has 0 heterocycles. The number of rotatable bonds is 4. The maximum atomic E-state index is 10.7. The van der Waals surface area contributed by atoms with E-state index in [1.54, 1.807) is 6.92 Å². The van der Waals surface area contributed by atoms with Crippen LogP contribution in [0.5, 0.6) is 0 Å². The van der Waals surface area contributed by atoms with E-state index in [0.717, 1.165) is 12.8 Å². The average molecular weight is 209 g/mol. The molecule has 0 aromatic heterocycles. The van der Waals surface area contributed by atoms with Crippen molar-refractivity contribution in [1.82, 2.24) is 0 Å². The number of hydrogen-bond donors (Lipinski definition) is 1. The summed E-state index contributed by atoms with van der Waals surface area (Å²) in [5, 5.41) is 0.0123.